The molecule has 8 nitrogen and oxygen atoms in total. The average molecular weight is 550 g/mol. The van der Waals surface area contributed by atoms with E-state index in [1.54, 1.807) is 18.2 Å². The zero-order valence-electron chi connectivity index (χ0n) is 22.3. The van der Waals surface area contributed by atoms with Gasteiger partial charge in [-0.25, -0.2) is 9.78 Å². The van der Waals surface area contributed by atoms with Crippen molar-refractivity contribution in [2.45, 2.75) is 13.5 Å². The number of carboxylic acid groups (broad SMARTS) is 1. The number of ether oxygens (including phenoxy) is 4. The monoisotopic (exact) mass is 549 g/mol. The summed E-state index contributed by atoms with van der Waals surface area (Å²) < 4.78 is 29.1. The summed E-state index contributed by atoms with van der Waals surface area (Å²) in [5.41, 5.74) is 5.37. The van der Waals surface area contributed by atoms with Crippen molar-refractivity contribution in [1.29, 1.82) is 0 Å². The van der Waals surface area contributed by atoms with E-state index < -0.39 is 12.6 Å². The van der Waals surface area contributed by atoms with Crippen molar-refractivity contribution in [3.8, 4) is 56.7 Å². The Morgan fingerprint density at radius 2 is 1.51 bits per heavy atom. The molecule has 1 aliphatic rings. The van der Waals surface area contributed by atoms with E-state index in [9.17, 15) is 4.79 Å². The minimum Gasteiger partial charge on any atom is -0.486 e. The van der Waals surface area contributed by atoms with Gasteiger partial charge < -0.3 is 28.5 Å². The fourth-order valence-electron chi connectivity index (χ4n) is 4.61. The maximum atomic E-state index is 10.8. The number of aliphatic carboxylic acids is 1. The zero-order valence-corrected chi connectivity index (χ0v) is 22.3. The molecule has 0 saturated heterocycles. The van der Waals surface area contributed by atoms with Crippen LogP contribution >= 0.6 is 0 Å². The predicted octanol–water partition coefficient (Wildman–Crippen LogP) is 6.80. The molecule has 6 rings (SSSR count). The first-order valence-corrected chi connectivity index (χ1v) is 13.2. The number of benzene rings is 4. The number of nitrogens with zero attached hydrogens (tertiary/aromatic N) is 1. The first-order chi connectivity index (χ1) is 20.0. The zero-order chi connectivity index (χ0) is 28.2. The van der Waals surface area contributed by atoms with Crippen molar-refractivity contribution >= 4 is 5.97 Å². The van der Waals surface area contributed by atoms with Crippen LogP contribution in [0.15, 0.2) is 95.4 Å². The smallest absolute Gasteiger partial charge is 0.341 e. The van der Waals surface area contributed by atoms with E-state index in [4.69, 9.17) is 33.5 Å². The van der Waals surface area contributed by atoms with Crippen LogP contribution in [-0.2, 0) is 11.4 Å². The van der Waals surface area contributed by atoms with E-state index in [1.165, 1.54) is 0 Å². The molecule has 0 aliphatic carbocycles. The molecule has 0 spiro atoms. The summed E-state index contributed by atoms with van der Waals surface area (Å²) in [5, 5.41) is 8.86. The molecule has 2 heterocycles. The van der Waals surface area contributed by atoms with E-state index in [1.807, 2.05) is 55.5 Å². The lowest BCUT2D eigenvalue weighted by atomic mass is 10.0. The SMILES string of the molecule is Cc1cc(OCc2nc(-c3ccc4c(c3)OCCO4)c(-c3ccc(-c4ccccc4)cc3)o2)ccc1OCC(=O)O. The van der Waals surface area contributed by atoms with Crippen molar-refractivity contribution in [2.24, 2.45) is 0 Å². The Balaban J connectivity index is 1.29. The highest BCUT2D eigenvalue weighted by molar-refractivity contribution is 5.79. The van der Waals surface area contributed by atoms with Gasteiger partial charge in [-0.3, -0.25) is 0 Å². The quantitative estimate of drug-likeness (QED) is 0.214. The van der Waals surface area contributed by atoms with E-state index in [0.717, 1.165) is 27.8 Å². The van der Waals surface area contributed by atoms with Crippen molar-refractivity contribution in [1.82, 2.24) is 4.98 Å². The molecule has 0 bridgehead atoms. The minimum atomic E-state index is -1.03. The Labute approximate surface area is 236 Å². The summed E-state index contributed by atoms with van der Waals surface area (Å²) >= 11 is 0. The Kier molecular flexibility index (Phi) is 7.28. The lowest BCUT2D eigenvalue weighted by Crippen LogP contribution is -2.15. The largest absolute Gasteiger partial charge is 0.486 e. The molecular formula is C33H27NO7. The molecule has 5 aromatic rings. The van der Waals surface area contributed by atoms with Gasteiger partial charge in [0.2, 0.25) is 5.89 Å². The highest BCUT2D eigenvalue weighted by Crippen LogP contribution is 2.39. The third-order valence-electron chi connectivity index (χ3n) is 6.60. The number of hydrogen-bond donors (Lipinski definition) is 1. The molecule has 206 valence electrons. The van der Waals surface area contributed by atoms with E-state index in [-0.39, 0.29) is 6.61 Å². The maximum absolute atomic E-state index is 10.8. The van der Waals surface area contributed by atoms with Crippen LogP contribution < -0.4 is 18.9 Å². The van der Waals surface area contributed by atoms with Gasteiger partial charge in [-0.2, -0.15) is 0 Å². The summed E-state index contributed by atoms with van der Waals surface area (Å²) in [5.74, 6) is 2.42. The molecule has 0 saturated carbocycles. The number of hydrogen-bond acceptors (Lipinski definition) is 7. The van der Waals surface area contributed by atoms with Crippen LogP contribution in [0.25, 0.3) is 33.7 Å². The predicted molar refractivity (Wildman–Crippen MR) is 152 cm³/mol. The summed E-state index contributed by atoms with van der Waals surface area (Å²) in [6.07, 6.45) is 0. The first-order valence-electron chi connectivity index (χ1n) is 13.2. The minimum absolute atomic E-state index is 0.0917. The van der Waals surface area contributed by atoms with Crippen LogP contribution in [0.4, 0.5) is 0 Å². The molecule has 1 aliphatic heterocycles. The third kappa shape index (κ3) is 5.86. The van der Waals surface area contributed by atoms with Crippen molar-refractivity contribution in [3.05, 3.63) is 102 Å². The summed E-state index contributed by atoms with van der Waals surface area (Å²) in [4.78, 5) is 15.6. The van der Waals surface area contributed by atoms with E-state index in [0.29, 0.717) is 53.6 Å². The van der Waals surface area contributed by atoms with Crippen LogP contribution in [0.1, 0.15) is 11.5 Å². The first kappa shape index (κ1) is 26.0. The number of rotatable bonds is 9. The number of carbonyl (C=O) groups is 1. The van der Waals surface area contributed by atoms with Crippen molar-refractivity contribution < 1.29 is 33.3 Å². The molecule has 0 unspecified atom stereocenters. The topological polar surface area (TPSA) is 100 Å². The molecule has 0 fully saturated rings. The van der Waals surface area contributed by atoms with E-state index >= 15 is 0 Å². The normalized spacial score (nSPS) is 12.1. The average Bonchev–Trinajstić information content (AvgIpc) is 3.44. The van der Waals surface area contributed by atoms with Crippen LogP contribution in [0.5, 0.6) is 23.0 Å². The maximum Gasteiger partial charge on any atom is 0.341 e. The van der Waals surface area contributed by atoms with Gasteiger partial charge in [0, 0.05) is 11.1 Å². The second-order valence-corrected chi connectivity index (χ2v) is 9.49. The van der Waals surface area contributed by atoms with Gasteiger partial charge in [0.1, 0.15) is 30.4 Å². The number of aromatic nitrogens is 1. The molecule has 0 amide bonds. The van der Waals surface area contributed by atoms with Gasteiger partial charge in [-0.15, -0.1) is 0 Å². The van der Waals surface area contributed by atoms with Gasteiger partial charge in [-0.1, -0.05) is 54.6 Å². The van der Waals surface area contributed by atoms with Gasteiger partial charge in [0.15, 0.2) is 30.5 Å². The van der Waals surface area contributed by atoms with Crippen molar-refractivity contribution in [3.63, 3.8) is 0 Å². The summed E-state index contributed by atoms with van der Waals surface area (Å²) in [6, 6.07) is 29.3. The van der Waals surface area contributed by atoms with Gasteiger partial charge in [0.25, 0.3) is 0 Å². The molecule has 4 aromatic carbocycles. The van der Waals surface area contributed by atoms with Crippen LogP contribution in [-0.4, -0.2) is 35.9 Å². The fraction of sp³-hybridized carbons (Fsp3) is 0.152. The molecule has 0 atom stereocenters. The molecule has 8 heteroatoms. The molecule has 41 heavy (non-hydrogen) atoms. The Hall–Kier alpha value is -5.24. The molecule has 0 radical (unpaired) electrons. The highest BCUT2D eigenvalue weighted by Gasteiger charge is 2.21. The lowest BCUT2D eigenvalue weighted by Gasteiger charge is -2.18. The van der Waals surface area contributed by atoms with Gasteiger partial charge in [-0.05, 0) is 60.0 Å². The van der Waals surface area contributed by atoms with Crippen LogP contribution in [0.3, 0.4) is 0 Å². The molecule has 1 N–H and O–H groups in total. The Bertz CT molecular complexity index is 1680. The molecular weight excluding hydrogens is 522 g/mol. The molecule has 1 aromatic heterocycles. The number of aryl methyl sites for hydroxylation is 1. The summed E-state index contributed by atoms with van der Waals surface area (Å²) in [7, 11) is 0. The Morgan fingerprint density at radius 1 is 0.805 bits per heavy atom. The highest BCUT2D eigenvalue weighted by atomic mass is 16.6. The van der Waals surface area contributed by atoms with E-state index in [2.05, 4.69) is 24.3 Å². The number of carboxylic acids is 1. The number of oxazole rings is 1. The van der Waals surface area contributed by atoms with Crippen molar-refractivity contribution in [2.75, 3.05) is 19.8 Å². The van der Waals surface area contributed by atoms with Crippen LogP contribution in [0, 0.1) is 6.92 Å². The Morgan fingerprint density at radius 3 is 2.27 bits per heavy atom. The second-order valence-electron chi connectivity index (χ2n) is 9.49. The third-order valence-corrected chi connectivity index (χ3v) is 6.60. The van der Waals surface area contributed by atoms with Gasteiger partial charge >= 0.3 is 5.97 Å². The summed E-state index contributed by atoms with van der Waals surface area (Å²) in [6.45, 7) is 2.51. The van der Waals surface area contributed by atoms with Gasteiger partial charge in [0.05, 0.1) is 0 Å². The van der Waals surface area contributed by atoms with Crippen LogP contribution in [0.2, 0.25) is 0 Å². The number of fused-ring (bicyclic) bond motifs is 1. The lowest BCUT2D eigenvalue weighted by molar-refractivity contribution is -0.139. The fourth-order valence-corrected chi connectivity index (χ4v) is 4.61. The standard InChI is InChI=1S/C33H27NO7/c1-21-17-26(12-14-27(21)40-20-31(35)36)39-19-30-34-32(25-11-13-28-29(18-25)38-16-15-37-28)33(41-30)24-9-7-23(8-10-24)22-5-3-2-4-6-22/h2-14,17-18H,15-16,19-20H2,1H3,(H,35,36). The second kappa shape index (κ2) is 11.5.